The lowest BCUT2D eigenvalue weighted by Crippen LogP contribution is -2.37. The van der Waals surface area contributed by atoms with Gasteiger partial charge in [-0.1, -0.05) is 6.92 Å². The summed E-state index contributed by atoms with van der Waals surface area (Å²) in [5, 5.41) is 11.4. The van der Waals surface area contributed by atoms with Gasteiger partial charge in [-0.05, 0) is 33.6 Å². The molecule has 0 radical (unpaired) electrons. The van der Waals surface area contributed by atoms with E-state index in [1.165, 1.54) is 0 Å². The highest BCUT2D eigenvalue weighted by Gasteiger charge is 2.14. The fraction of sp³-hybridized carbons (Fsp3) is 0.875. The first-order valence-electron chi connectivity index (χ1n) is 4.20. The lowest BCUT2D eigenvalue weighted by Gasteiger charge is -2.16. The van der Waals surface area contributed by atoms with E-state index in [0.717, 1.165) is 13.1 Å². The van der Waals surface area contributed by atoms with Crippen LogP contribution in [0.1, 0.15) is 13.3 Å². The Balaban J connectivity index is 3.65. The maximum atomic E-state index is 10.6. The molecule has 0 aromatic heterocycles. The Labute approximate surface area is 73.6 Å². The van der Waals surface area contributed by atoms with Crippen molar-refractivity contribution >= 4 is 5.97 Å². The van der Waals surface area contributed by atoms with Gasteiger partial charge >= 0.3 is 5.97 Å². The van der Waals surface area contributed by atoms with Gasteiger partial charge in [0.1, 0.15) is 6.04 Å². The van der Waals surface area contributed by atoms with Crippen LogP contribution in [0.2, 0.25) is 0 Å². The number of hydrogen-bond donors (Lipinski definition) is 2. The molecule has 1 atom stereocenters. The second-order valence-corrected chi connectivity index (χ2v) is 2.86. The lowest BCUT2D eigenvalue weighted by molar-refractivity contribution is -0.139. The van der Waals surface area contributed by atoms with Crippen LogP contribution in [0.3, 0.4) is 0 Å². The Morgan fingerprint density at radius 3 is 2.58 bits per heavy atom. The van der Waals surface area contributed by atoms with Gasteiger partial charge in [0.2, 0.25) is 0 Å². The second kappa shape index (κ2) is 5.97. The third-order valence-electron chi connectivity index (χ3n) is 1.99. The van der Waals surface area contributed by atoms with Crippen LogP contribution in [0.5, 0.6) is 0 Å². The highest BCUT2D eigenvalue weighted by molar-refractivity contribution is 5.73. The molecule has 0 aromatic rings. The molecule has 0 aliphatic heterocycles. The SMILES string of the molecule is CCN(C)CCC(NC)C(=O)O. The van der Waals surface area contributed by atoms with Crippen molar-refractivity contribution in [3.05, 3.63) is 0 Å². The molecule has 12 heavy (non-hydrogen) atoms. The molecule has 0 amide bonds. The predicted octanol–water partition coefficient (Wildman–Crippen LogP) is 0.000800. The summed E-state index contributed by atoms with van der Waals surface area (Å²) in [4.78, 5) is 12.6. The fourth-order valence-electron chi connectivity index (χ4n) is 0.899. The summed E-state index contributed by atoms with van der Waals surface area (Å²) in [5.74, 6) is -0.776. The molecule has 0 aliphatic rings. The Bertz CT molecular complexity index is 139. The van der Waals surface area contributed by atoms with Gasteiger partial charge in [-0.25, -0.2) is 0 Å². The van der Waals surface area contributed by atoms with E-state index >= 15 is 0 Å². The zero-order chi connectivity index (χ0) is 9.56. The Kier molecular flexibility index (Phi) is 5.66. The molecule has 0 rings (SSSR count). The normalized spacial score (nSPS) is 13.3. The summed E-state index contributed by atoms with van der Waals surface area (Å²) < 4.78 is 0. The van der Waals surface area contributed by atoms with Crippen molar-refractivity contribution in [2.45, 2.75) is 19.4 Å². The topological polar surface area (TPSA) is 52.6 Å². The number of likely N-dealkylation sites (N-methyl/N-ethyl adjacent to an activating group) is 1. The highest BCUT2D eigenvalue weighted by atomic mass is 16.4. The highest BCUT2D eigenvalue weighted by Crippen LogP contribution is 1.93. The molecule has 0 aliphatic carbocycles. The maximum Gasteiger partial charge on any atom is 0.320 e. The average Bonchev–Trinajstić information content (AvgIpc) is 2.04. The maximum absolute atomic E-state index is 10.6. The van der Waals surface area contributed by atoms with E-state index < -0.39 is 12.0 Å². The summed E-state index contributed by atoms with van der Waals surface area (Å²) in [6.07, 6.45) is 0.649. The summed E-state index contributed by atoms with van der Waals surface area (Å²) in [6.45, 7) is 3.82. The van der Waals surface area contributed by atoms with Gasteiger partial charge in [0, 0.05) is 0 Å². The standard InChI is InChI=1S/C8H18N2O2/c1-4-10(3)6-5-7(9-2)8(11)12/h7,9H,4-6H2,1-3H3,(H,11,12). The first-order valence-corrected chi connectivity index (χ1v) is 4.20. The van der Waals surface area contributed by atoms with Gasteiger partial charge in [0.25, 0.3) is 0 Å². The van der Waals surface area contributed by atoms with Crippen molar-refractivity contribution in [3.8, 4) is 0 Å². The Morgan fingerprint density at radius 2 is 2.25 bits per heavy atom. The zero-order valence-electron chi connectivity index (χ0n) is 8.00. The first kappa shape index (κ1) is 11.4. The molecule has 0 saturated carbocycles. The van der Waals surface area contributed by atoms with Crippen molar-refractivity contribution in [3.63, 3.8) is 0 Å². The van der Waals surface area contributed by atoms with Crippen LogP contribution in [0.15, 0.2) is 0 Å². The third-order valence-corrected chi connectivity index (χ3v) is 1.99. The first-order chi connectivity index (χ1) is 5.61. The van der Waals surface area contributed by atoms with Crippen molar-refractivity contribution in [2.75, 3.05) is 27.2 Å². The van der Waals surface area contributed by atoms with E-state index in [1.54, 1.807) is 7.05 Å². The van der Waals surface area contributed by atoms with Crippen LogP contribution in [-0.4, -0.2) is 49.2 Å². The van der Waals surface area contributed by atoms with Crippen molar-refractivity contribution in [1.29, 1.82) is 0 Å². The number of carboxylic acids is 1. The van der Waals surface area contributed by atoms with Gasteiger partial charge in [-0.2, -0.15) is 0 Å². The molecule has 4 nitrogen and oxygen atoms in total. The molecule has 2 N–H and O–H groups in total. The zero-order valence-corrected chi connectivity index (χ0v) is 8.00. The summed E-state index contributed by atoms with van der Waals surface area (Å²) in [7, 11) is 3.65. The number of aliphatic carboxylic acids is 1. The van der Waals surface area contributed by atoms with Gasteiger partial charge in [0.15, 0.2) is 0 Å². The van der Waals surface area contributed by atoms with Gasteiger partial charge < -0.3 is 15.3 Å². The molecule has 4 heteroatoms. The Morgan fingerprint density at radius 1 is 1.67 bits per heavy atom. The number of carboxylic acid groups (broad SMARTS) is 1. The molecule has 0 spiro atoms. The van der Waals surface area contributed by atoms with E-state index in [-0.39, 0.29) is 0 Å². The molecular weight excluding hydrogens is 156 g/mol. The van der Waals surface area contributed by atoms with Crippen LogP contribution in [-0.2, 0) is 4.79 Å². The summed E-state index contributed by atoms with van der Waals surface area (Å²) in [6, 6.07) is -0.418. The van der Waals surface area contributed by atoms with E-state index in [4.69, 9.17) is 5.11 Å². The van der Waals surface area contributed by atoms with Crippen LogP contribution in [0, 0.1) is 0 Å². The quantitative estimate of drug-likeness (QED) is 0.595. The molecular formula is C8H18N2O2. The van der Waals surface area contributed by atoms with Crippen LogP contribution in [0.4, 0.5) is 0 Å². The molecule has 72 valence electrons. The number of nitrogens with zero attached hydrogens (tertiary/aromatic N) is 1. The minimum atomic E-state index is -0.776. The third kappa shape index (κ3) is 4.31. The molecule has 1 unspecified atom stereocenters. The van der Waals surface area contributed by atoms with Crippen LogP contribution in [0.25, 0.3) is 0 Å². The van der Waals surface area contributed by atoms with E-state index in [2.05, 4.69) is 17.1 Å². The number of rotatable bonds is 6. The number of carbonyl (C=O) groups is 1. The second-order valence-electron chi connectivity index (χ2n) is 2.86. The predicted molar refractivity (Wildman–Crippen MR) is 48.3 cm³/mol. The van der Waals surface area contributed by atoms with Crippen molar-refractivity contribution in [1.82, 2.24) is 10.2 Å². The average molecular weight is 174 g/mol. The van der Waals surface area contributed by atoms with Gasteiger partial charge in [-0.15, -0.1) is 0 Å². The molecule has 0 fully saturated rings. The fourth-order valence-corrected chi connectivity index (χ4v) is 0.899. The smallest absolute Gasteiger partial charge is 0.320 e. The largest absolute Gasteiger partial charge is 0.480 e. The molecule has 0 bridgehead atoms. The Hall–Kier alpha value is -0.610. The monoisotopic (exact) mass is 174 g/mol. The summed E-state index contributed by atoms with van der Waals surface area (Å²) in [5.41, 5.74) is 0. The lowest BCUT2D eigenvalue weighted by atomic mass is 10.2. The van der Waals surface area contributed by atoms with Crippen LogP contribution < -0.4 is 5.32 Å². The molecule has 0 aromatic carbocycles. The number of nitrogens with one attached hydrogen (secondary N) is 1. The van der Waals surface area contributed by atoms with Crippen molar-refractivity contribution < 1.29 is 9.90 Å². The number of hydrogen-bond acceptors (Lipinski definition) is 3. The van der Waals surface area contributed by atoms with E-state index in [0.29, 0.717) is 6.42 Å². The van der Waals surface area contributed by atoms with Gasteiger partial charge in [0.05, 0.1) is 0 Å². The van der Waals surface area contributed by atoms with Crippen molar-refractivity contribution in [2.24, 2.45) is 0 Å². The minimum absolute atomic E-state index is 0.418. The molecule has 0 saturated heterocycles. The summed E-state index contributed by atoms with van der Waals surface area (Å²) >= 11 is 0. The molecule has 0 heterocycles. The van der Waals surface area contributed by atoms with E-state index in [9.17, 15) is 4.79 Å². The minimum Gasteiger partial charge on any atom is -0.480 e. The van der Waals surface area contributed by atoms with Crippen LogP contribution >= 0.6 is 0 Å². The van der Waals surface area contributed by atoms with E-state index in [1.807, 2.05) is 7.05 Å². The van der Waals surface area contributed by atoms with Gasteiger partial charge in [-0.3, -0.25) is 4.79 Å².